The average molecular weight is 795 g/mol. The molecular weight excluding hydrogens is 747 g/mol. The molecule has 4 nitrogen and oxygen atoms in total. The van der Waals surface area contributed by atoms with Crippen molar-refractivity contribution in [3.63, 3.8) is 0 Å². The summed E-state index contributed by atoms with van der Waals surface area (Å²) in [5.74, 6) is 0.547. The number of carbonyl (C=O) groups is 1. The van der Waals surface area contributed by atoms with Crippen LogP contribution < -0.4 is 0 Å². The largest absolute Gasteiger partial charge is 0.512 e. The van der Waals surface area contributed by atoms with Crippen LogP contribution in [0.15, 0.2) is 70.8 Å². The third-order valence-corrected chi connectivity index (χ3v) is 9.78. The molecular formula is C41H48IrNO3-. The molecule has 0 atom stereocenters. The Morgan fingerprint density at radius 3 is 2.22 bits per heavy atom. The number of carbonyl (C=O) groups excluding carboxylic acids is 1. The molecule has 2 aromatic heterocycles. The molecule has 1 aliphatic rings. The summed E-state index contributed by atoms with van der Waals surface area (Å²) in [4.78, 5) is 16.9. The molecule has 2 heterocycles. The number of ketones is 1. The fourth-order valence-corrected chi connectivity index (χ4v) is 6.87. The topological polar surface area (TPSA) is 63.3 Å². The van der Waals surface area contributed by atoms with Gasteiger partial charge in [0.15, 0.2) is 5.78 Å². The minimum absolute atomic E-state index is 0. The van der Waals surface area contributed by atoms with E-state index < -0.39 is 0 Å². The molecule has 3 aromatic carbocycles. The second-order valence-electron chi connectivity index (χ2n) is 14.0. The van der Waals surface area contributed by atoms with Crippen molar-refractivity contribution in [2.45, 2.75) is 98.8 Å². The first-order valence-corrected chi connectivity index (χ1v) is 16.6. The number of nitrogens with zero attached hydrogens (tertiary/aromatic N) is 1. The van der Waals surface area contributed by atoms with Gasteiger partial charge in [0.1, 0.15) is 5.58 Å². The molecule has 0 bridgehead atoms. The number of hydrogen-bond donors (Lipinski definition) is 1. The summed E-state index contributed by atoms with van der Waals surface area (Å²) in [7, 11) is 0. The summed E-state index contributed by atoms with van der Waals surface area (Å²) in [6.45, 7) is 19.4. The van der Waals surface area contributed by atoms with E-state index in [4.69, 9.17) is 9.40 Å². The number of pyridine rings is 1. The standard InChI is InChI=1S/C28H24NO.C13H24O2.Ir/c1-27(2,3)19-14-13-18-24-23-17(10-8-12-22(23)30-26(19)24)25-20(28(18,4)5)15-16-9-6-7-11-21(16)29-25;1-5-10(6-2)12(14)9-13(15)11(7-3)8-4;/h6-9,11-15H,1-5H3;9-11,14H,5-8H2,1-4H3;/q-1;;/b;12-9-;. The van der Waals surface area contributed by atoms with E-state index in [1.54, 1.807) is 0 Å². The van der Waals surface area contributed by atoms with Crippen molar-refractivity contribution in [3.05, 3.63) is 89.2 Å². The van der Waals surface area contributed by atoms with Gasteiger partial charge in [0.05, 0.1) is 16.9 Å². The van der Waals surface area contributed by atoms with Crippen molar-refractivity contribution in [1.29, 1.82) is 0 Å². The van der Waals surface area contributed by atoms with Crippen molar-refractivity contribution < 1.29 is 34.4 Å². The van der Waals surface area contributed by atoms with Gasteiger partial charge in [0.25, 0.3) is 0 Å². The number of aliphatic hydroxyl groups excluding tert-OH is 1. The fraction of sp³-hybridized carbons (Fsp3) is 0.415. The van der Waals surface area contributed by atoms with Crippen molar-refractivity contribution in [2.24, 2.45) is 11.8 Å². The van der Waals surface area contributed by atoms with Crippen molar-refractivity contribution in [3.8, 4) is 11.3 Å². The normalized spacial score (nSPS) is 13.9. The summed E-state index contributed by atoms with van der Waals surface area (Å²) < 4.78 is 6.52. The predicted octanol–water partition coefficient (Wildman–Crippen LogP) is 11.4. The molecule has 0 amide bonds. The second kappa shape index (κ2) is 13.8. The molecule has 0 saturated heterocycles. The number of rotatable bonds is 7. The van der Waals surface area contributed by atoms with Gasteiger partial charge in [-0.05, 0) is 64.8 Å². The number of allylic oxidation sites excluding steroid dienone is 2. The van der Waals surface area contributed by atoms with E-state index in [2.05, 4.69) is 77.1 Å². The Balaban J connectivity index is 0.000000259. The molecule has 5 aromatic rings. The van der Waals surface area contributed by atoms with Crippen molar-refractivity contribution in [2.75, 3.05) is 0 Å². The Bertz CT molecular complexity index is 1900. The Morgan fingerprint density at radius 2 is 1.59 bits per heavy atom. The van der Waals surface area contributed by atoms with E-state index in [0.717, 1.165) is 59.0 Å². The van der Waals surface area contributed by atoms with Gasteiger partial charge in [-0.1, -0.05) is 116 Å². The summed E-state index contributed by atoms with van der Waals surface area (Å²) in [5, 5.41) is 13.3. The van der Waals surface area contributed by atoms with E-state index in [9.17, 15) is 9.90 Å². The minimum Gasteiger partial charge on any atom is -0.512 e. The number of furan rings is 1. The van der Waals surface area contributed by atoms with E-state index in [1.807, 2.05) is 45.9 Å². The van der Waals surface area contributed by atoms with Gasteiger partial charge in [0.2, 0.25) is 0 Å². The average Bonchev–Trinajstić information content (AvgIpc) is 3.37. The second-order valence-corrected chi connectivity index (χ2v) is 14.0. The van der Waals surface area contributed by atoms with Crippen molar-refractivity contribution in [1.82, 2.24) is 4.98 Å². The quantitative estimate of drug-likeness (QED) is 0.101. The molecule has 5 heteroatoms. The molecule has 1 radical (unpaired) electrons. The first-order valence-electron chi connectivity index (χ1n) is 16.6. The third kappa shape index (κ3) is 6.34. The zero-order valence-corrected chi connectivity index (χ0v) is 31.2. The van der Waals surface area contributed by atoms with Crippen LogP contribution in [0, 0.1) is 17.9 Å². The number of aromatic nitrogens is 1. The number of para-hydroxylation sites is 1. The molecule has 0 unspecified atom stereocenters. The Labute approximate surface area is 288 Å². The first kappa shape index (κ1) is 35.6. The van der Waals surface area contributed by atoms with Gasteiger partial charge in [-0.15, -0.1) is 17.7 Å². The van der Waals surface area contributed by atoms with Crippen LogP contribution in [0.4, 0.5) is 0 Å². The Morgan fingerprint density at radius 1 is 0.935 bits per heavy atom. The fourth-order valence-electron chi connectivity index (χ4n) is 6.87. The van der Waals surface area contributed by atoms with Gasteiger partial charge in [0, 0.05) is 43.4 Å². The number of benzene rings is 3. The third-order valence-electron chi connectivity index (χ3n) is 9.78. The molecule has 0 fully saturated rings. The van der Waals surface area contributed by atoms with E-state index in [0.29, 0.717) is 0 Å². The molecule has 6 rings (SSSR count). The maximum atomic E-state index is 11.7. The maximum absolute atomic E-state index is 11.7. The van der Waals surface area contributed by atoms with Gasteiger partial charge < -0.3 is 9.52 Å². The molecule has 46 heavy (non-hydrogen) atoms. The van der Waals surface area contributed by atoms with Crippen LogP contribution >= 0.6 is 0 Å². The smallest absolute Gasteiger partial charge is 0.162 e. The molecule has 245 valence electrons. The minimum atomic E-state index is -0.218. The first-order chi connectivity index (χ1) is 21.4. The predicted molar refractivity (Wildman–Crippen MR) is 188 cm³/mol. The van der Waals surface area contributed by atoms with Crippen LogP contribution in [0.1, 0.15) is 105 Å². The SMILES string of the molecule is CC(C)(C)c1ccc2c3c1oc1cc[c-]c(c13)-c1nc3ccccc3cc1C2(C)C.CCC(CC)C(=O)/C=C(\O)C(CC)CC.[Ir]. The van der Waals surface area contributed by atoms with Crippen LogP contribution in [0.25, 0.3) is 44.1 Å². The number of hydrogen-bond acceptors (Lipinski definition) is 4. The van der Waals surface area contributed by atoms with Gasteiger partial charge in [-0.3, -0.25) is 9.78 Å². The van der Waals surface area contributed by atoms with E-state index >= 15 is 0 Å². The molecule has 1 N–H and O–H groups in total. The van der Waals surface area contributed by atoms with Gasteiger partial charge >= 0.3 is 0 Å². The van der Waals surface area contributed by atoms with Crippen LogP contribution in [-0.4, -0.2) is 15.9 Å². The van der Waals surface area contributed by atoms with E-state index in [1.165, 1.54) is 33.5 Å². The maximum Gasteiger partial charge on any atom is 0.162 e. The summed E-state index contributed by atoms with van der Waals surface area (Å²) in [6.07, 6.45) is 4.91. The number of fused-ring (bicyclic) bond motifs is 3. The van der Waals surface area contributed by atoms with Gasteiger partial charge in [-0.25, -0.2) is 0 Å². The molecule has 0 aliphatic heterocycles. The Hall–Kier alpha value is -3.27. The summed E-state index contributed by atoms with van der Waals surface area (Å²) in [5.41, 5.74) is 8.53. The monoisotopic (exact) mass is 795 g/mol. The van der Waals surface area contributed by atoms with Crippen LogP contribution in [-0.2, 0) is 35.7 Å². The van der Waals surface area contributed by atoms with Crippen LogP contribution in [0.2, 0.25) is 0 Å². The zero-order valence-electron chi connectivity index (χ0n) is 28.8. The van der Waals surface area contributed by atoms with Gasteiger partial charge in [-0.2, -0.15) is 0 Å². The summed E-state index contributed by atoms with van der Waals surface area (Å²) in [6, 6.07) is 22.8. The zero-order chi connectivity index (χ0) is 32.7. The molecule has 0 saturated carbocycles. The van der Waals surface area contributed by atoms with Crippen LogP contribution in [0.5, 0.6) is 0 Å². The Kier molecular flexibility index (Phi) is 10.7. The summed E-state index contributed by atoms with van der Waals surface area (Å²) >= 11 is 0. The molecule has 0 spiro atoms. The number of aliphatic hydroxyl groups is 1. The molecule has 1 aliphatic carbocycles. The van der Waals surface area contributed by atoms with Crippen molar-refractivity contribution >= 4 is 38.6 Å². The van der Waals surface area contributed by atoms with Crippen LogP contribution in [0.3, 0.4) is 0 Å². The van der Waals surface area contributed by atoms with E-state index in [-0.39, 0.29) is 54.3 Å².